The third kappa shape index (κ3) is 29.8. The Labute approximate surface area is 834 Å². The zero-order valence-electron chi connectivity index (χ0n) is 84.5. The Hall–Kier alpha value is -13.7. The van der Waals surface area contributed by atoms with Gasteiger partial charge in [-0.3, -0.25) is 33.8 Å². The monoisotopic (exact) mass is 2030 g/mol. The molecule has 780 valence electrons. The van der Waals surface area contributed by atoms with E-state index < -0.39 is 74.1 Å². The third-order valence-electron chi connectivity index (χ3n) is 23.4. The van der Waals surface area contributed by atoms with Gasteiger partial charge in [0.15, 0.2) is 5.78 Å². The van der Waals surface area contributed by atoms with Crippen LogP contribution in [0.15, 0.2) is 121 Å². The number of ether oxygens (including phenoxy) is 8. The van der Waals surface area contributed by atoms with Gasteiger partial charge in [0.1, 0.15) is 107 Å². The Morgan fingerprint density at radius 3 is 1.20 bits per heavy atom. The number of carboxylic acid groups (broad SMARTS) is 1. The van der Waals surface area contributed by atoms with Crippen molar-refractivity contribution in [3.05, 3.63) is 155 Å². The van der Waals surface area contributed by atoms with Gasteiger partial charge in [0.05, 0.1) is 50.5 Å². The number of ketones is 1. The number of carboxylic acids is 1. The van der Waals surface area contributed by atoms with Gasteiger partial charge in [-0.15, -0.1) is 0 Å². The molecule has 0 radical (unpaired) electrons. The number of halogens is 3. The predicted octanol–water partition coefficient (Wildman–Crippen LogP) is 12.5. The number of hydrogen-bond donors (Lipinski definition) is 4. The van der Waals surface area contributed by atoms with Gasteiger partial charge in [0, 0.05) is 88.3 Å². The maximum absolute atomic E-state index is 13.1. The average molecular weight is 2030 g/mol. The van der Waals surface area contributed by atoms with E-state index in [0.717, 1.165) is 81.7 Å². The Morgan fingerprint density at radius 1 is 0.451 bits per heavy atom. The summed E-state index contributed by atoms with van der Waals surface area (Å²) in [7, 11) is -6.10. The molecule has 6 aromatic rings. The number of fused-ring (bicyclic) bond motifs is 3. The smallest absolute Gasteiger partial charge is 0.480 e. The SMILES string of the molecule is CC(C)(C)OC(=O)N1CC=C(B2OC(C)(C)C(C)(C)O2)C1.CC(C)(C)OC(=O)N1CC=C(OS(=O)(=O)C(F)(F)F)C1.CC(C)(C)OC(=O)N1CC=C(c2ccc(N3CCOc4ncnc(N)c4C3=O)cc2)C1.CC(C)(C)OC(=O)N1CCC(=O)C1.CC(C)(C)OC(=O)N1CCC(c2ccc(N3CCOc4ncnc(N)c4C3=O)cc2)C1.Nc1ncnc2c1C(=O)N(c1ccc(C3CCN(CC(=O)O)C3)cc1)CCO2. The number of alkyl halides is 3. The van der Waals surface area contributed by atoms with Gasteiger partial charge in [-0.05, 0) is 227 Å². The summed E-state index contributed by atoms with van der Waals surface area (Å²) in [6, 6.07) is 23.2. The number of nitrogens with zero attached hydrogens (tertiary/aromatic N) is 15. The van der Waals surface area contributed by atoms with Crippen LogP contribution >= 0.6 is 0 Å². The molecule has 10 aliphatic heterocycles. The minimum atomic E-state index is -5.71. The first-order valence-electron chi connectivity index (χ1n) is 46.8. The molecule has 3 aromatic carbocycles. The number of amides is 8. The number of Topliss-reactive ketones (excluding diaryl/α,β-unsaturated/α-hetero) is 1. The normalized spacial score (nSPS) is 18.9. The lowest BCUT2D eigenvalue weighted by Gasteiger charge is -2.32. The van der Waals surface area contributed by atoms with Crippen molar-refractivity contribution in [3.63, 3.8) is 0 Å². The molecule has 42 nitrogen and oxygen atoms in total. The summed E-state index contributed by atoms with van der Waals surface area (Å²) < 4.78 is 117. The minimum Gasteiger partial charge on any atom is -0.480 e. The van der Waals surface area contributed by atoms with E-state index in [4.69, 9.17) is 69.5 Å². The Kier molecular flexibility index (Phi) is 34.6. The third-order valence-corrected chi connectivity index (χ3v) is 24.4. The lowest BCUT2D eigenvalue weighted by Crippen LogP contribution is -2.41. The van der Waals surface area contributed by atoms with Crippen LogP contribution in [0.2, 0.25) is 0 Å². The molecule has 0 spiro atoms. The highest BCUT2D eigenvalue weighted by Gasteiger charge is 2.54. The van der Waals surface area contributed by atoms with Crippen molar-refractivity contribution in [3.8, 4) is 17.6 Å². The van der Waals surface area contributed by atoms with Crippen LogP contribution < -0.4 is 46.1 Å². The van der Waals surface area contributed by atoms with Crippen molar-refractivity contribution in [2.24, 2.45) is 0 Å². The fourth-order valence-corrected chi connectivity index (χ4v) is 16.2. The number of hydrogen-bond acceptors (Lipinski definition) is 33. The van der Waals surface area contributed by atoms with Crippen LogP contribution in [0.5, 0.6) is 17.6 Å². The van der Waals surface area contributed by atoms with E-state index >= 15 is 0 Å². The van der Waals surface area contributed by atoms with Crippen molar-refractivity contribution in [2.45, 2.75) is 207 Å². The van der Waals surface area contributed by atoms with Gasteiger partial charge in [0.25, 0.3) is 17.7 Å². The van der Waals surface area contributed by atoms with Gasteiger partial charge in [-0.1, -0.05) is 48.6 Å². The highest BCUT2D eigenvalue weighted by molar-refractivity contribution is 7.87. The Balaban J connectivity index is 0.000000168. The Morgan fingerprint density at radius 2 is 0.812 bits per heavy atom. The van der Waals surface area contributed by atoms with Gasteiger partial charge in [0.2, 0.25) is 17.6 Å². The molecule has 0 saturated carbocycles. The van der Waals surface area contributed by atoms with Crippen LogP contribution in [0.1, 0.15) is 210 Å². The lowest BCUT2D eigenvalue weighted by molar-refractivity contribution is -0.138. The van der Waals surface area contributed by atoms with Crippen LogP contribution in [-0.2, 0) is 56.9 Å². The largest absolute Gasteiger partial charge is 0.534 e. The van der Waals surface area contributed by atoms with Crippen molar-refractivity contribution in [2.75, 3.05) is 156 Å². The maximum Gasteiger partial charge on any atom is 0.534 e. The first-order valence-corrected chi connectivity index (χ1v) is 48.2. The zero-order valence-corrected chi connectivity index (χ0v) is 85.3. The summed E-state index contributed by atoms with van der Waals surface area (Å²) in [6.07, 6.45) is 9.11. The fraction of sp³-hybridized carbons (Fsp3) is 0.526. The fourth-order valence-electron chi connectivity index (χ4n) is 15.7. The second-order valence-corrected chi connectivity index (χ2v) is 42.6. The highest BCUT2D eigenvalue weighted by Crippen LogP contribution is 2.42. The maximum atomic E-state index is 13.1. The number of aliphatic carboxylic acids is 1. The number of nitrogens with two attached hydrogens (primary N) is 3. The van der Waals surface area contributed by atoms with Gasteiger partial charge in [-0.25, -0.2) is 53.9 Å². The van der Waals surface area contributed by atoms with E-state index in [1.807, 2.05) is 201 Å². The molecule has 7 N–H and O–H groups in total. The van der Waals surface area contributed by atoms with E-state index in [0.29, 0.717) is 97.6 Å². The molecule has 13 heterocycles. The number of benzene rings is 3. The van der Waals surface area contributed by atoms with Crippen molar-refractivity contribution < 1.29 is 126 Å². The van der Waals surface area contributed by atoms with Crippen LogP contribution in [0, 0.1) is 0 Å². The minimum absolute atomic E-state index is 0.0692. The molecule has 10 aliphatic rings. The molecule has 4 fully saturated rings. The highest BCUT2D eigenvalue weighted by atomic mass is 32.2. The van der Waals surface area contributed by atoms with Crippen molar-refractivity contribution in [1.82, 2.24) is 59.3 Å². The van der Waals surface area contributed by atoms with E-state index in [1.54, 1.807) is 50.2 Å². The molecule has 2 unspecified atom stereocenters. The second kappa shape index (κ2) is 45.1. The molecule has 3 aromatic heterocycles. The summed E-state index contributed by atoms with van der Waals surface area (Å²) in [5, 5.41) is 8.94. The van der Waals surface area contributed by atoms with E-state index in [2.05, 4.69) is 34.1 Å². The number of aromatic nitrogens is 6. The number of likely N-dealkylation sites (tertiary alicyclic amines) is 3. The molecular formula is C97H128BF3N18O24S. The molecule has 47 heteroatoms. The van der Waals surface area contributed by atoms with E-state index in [1.165, 1.54) is 23.9 Å². The number of anilines is 6. The first kappa shape index (κ1) is 111. The molecule has 4 saturated heterocycles. The molecule has 144 heavy (non-hydrogen) atoms. The quantitative estimate of drug-likeness (QED) is 0.0405. The molecular weight excluding hydrogens is 1900 g/mol. The summed E-state index contributed by atoms with van der Waals surface area (Å²) in [5.74, 6) is -0.583. The molecule has 16 rings (SSSR count). The summed E-state index contributed by atoms with van der Waals surface area (Å²) in [4.78, 5) is 159. The first-order chi connectivity index (χ1) is 67.1. The standard InChI is InChI=1S/C22H27N5O4.C22H25N5O4.C19H21N5O4.C15H26BNO4.C10H14F3NO5S.C9H15NO3/c2*1-22(2,3)31-21(29)26-9-8-15(12-26)14-4-6-16(7-5-14)27-10-11-30-19-17(20(27)28)18(23)24-13-25-19;20-17-16-18(22-11-21-17)28-8-7-24(19(16)27)14-3-1-12(2-4-14)13-5-6-23(9-13)10-15(25)26;1-13(2,3)19-12(18)17-9-8-11(10-17)16-20-14(4,5)15(6,7)21-16;1-9(2,3)18-8(15)14-5-4-7(6-14)19-20(16,17)10(11,12)13;1-9(2,3)13-8(12)10-5-4-7(11)6-10/h4-7,13,15H,8-12H2,1-3H3,(H2,23,24,25);4-8,13H,9-12H2,1-3H3,(H2,23,24,25);1-4,11,13H,5-10H2,(H,25,26)(H2,20,21,22);8H,9-10H2,1-7H3;4H,5-6H2,1-3H3;4-6H2,1-3H3. The summed E-state index contributed by atoms with van der Waals surface area (Å²) >= 11 is 0. The van der Waals surface area contributed by atoms with Crippen LogP contribution in [-0.4, -0.2) is 309 Å². The van der Waals surface area contributed by atoms with E-state index in [-0.39, 0.29) is 137 Å². The number of carbonyl (C=O) groups excluding carboxylic acids is 9. The van der Waals surface area contributed by atoms with Crippen LogP contribution in [0.4, 0.5) is 71.7 Å². The molecule has 2 atom stereocenters. The topological polar surface area (TPSA) is 511 Å². The number of rotatable bonds is 11. The van der Waals surface area contributed by atoms with Crippen molar-refractivity contribution in [1.29, 1.82) is 0 Å². The Bertz CT molecular complexity index is 5880. The summed E-state index contributed by atoms with van der Waals surface area (Å²) in [6.45, 7) is 42.2. The number of nitrogen functional groups attached to an aromatic ring is 3. The molecule has 0 aliphatic carbocycles. The van der Waals surface area contributed by atoms with Gasteiger partial charge in [-0.2, -0.15) is 21.6 Å². The van der Waals surface area contributed by atoms with E-state index in [9.17, 15) is 69.5 Å². The number of carbonyl (C=O) groups is 10. The molecule has 8 amide bonds. The average Bonchev–Trinajstić information content (AvgIpc) is 1.61. The zero-order chi connectivity index (χ0) is 106. The lowest BCUT2D eigenvalue weighted by atomic mass is 9.79. The summed E-state index contributed by atoms with van der Waals surface area (Å²) in [5.41, 5.74) is 16.7. The van der Waals surface area contributed by atoms with Gasteiger partial charge >= 0.3 is 59.2 Å². The van der Waals surface area contributed by atoms with Gasteiger partial charge < -0.3 is 108 Å². The van der Waals surface area contributed by atoms with Crippen LogP contribution in [0.3, 0.4) is 0 Å². The molecule has 0 bridgehead atoms. The second-order valence-electron chi connectivity index (χ2n) is 41.0. The van der Waals surface area contributed by atoms with Crippen molar-refractivity contribution >= 4 is 117 Å². The van der Waals surface area contributed by atoms with Crippen LogP contribution in [0.25, 0.3) is 5.57 Å². The predicted molar refractivity (Wildman–Crippen MR) is 524 cm³/mol.